The van der Waals surface area contributed by atoms with E-state index in [9.17, 15) is 14.0 Å². The Balaban J connectivity index is 1.35. The van der Waals surface area contributed by atoms with E-state index in [1.165, 1.54) is 23.9 Å². The van der Waals surface area contributed by atoms with Crippen molar-refractivity contribution < 1.29 is 14.0 Å². The van der Waals surface area contributed by atoms with Crippen molar-refractivity contribution in [2.45, 2.75) is 38.0 Å². The zero-order valence-corrected chi connectivity index (χ0v) is 20.8. The number of hydrazone groups is 1. The first-order valence-electron chi connectivity index (χ1n) is 11.7. The summed E-state index contributed by atoms with van der Waals surface area (Å²) < 4.78 is 13.5. The number of thioether (sulfide) groups is 1. The standard InChI is InChI=1S/C28H25FN4O2S/c1-17-6-8-20(9-7-17)24-15-23(19-10-12-21(29)13-11-19)32-33(24)28-31-27(35)25(36-28)16-26(34)30-22-5-3-4-18(2)14-22/h3-14,24-25H,15-16H2,1-2H3,(H,30,34)/t24-,25-/m0/s1. The van der Waals surface area contributed by atoms with Gasteiger partial charge < -0.3 is 5.32 Å². The van der Waals surface area contributed by atoms with Crippen LogP contribution in [0, 0.1) is 19.7 Å². The highest BCUT2D eigenvalue weighted by Crippen LogP contribution is 2.38. The minimum atomic E-state index is -0.617. The second-order valence-electron chi connectivity index (χ2n) is 8.99. The molecule has 0 saturated heterocycles. The summed E-state index contributed by atoms with van der Waals surface area (Å²) in [5, 5.41) is 9.28. The Morgan fingerprint density at radius 2 is 1.81 bits per heavy atom. The number of aliphatic imine (C=N–C) groups is 1. The summed E-state index contributed by atoms with van der Waals surface area (Å²) in [5.41, 5.74) is 5.53. The molecule has 8 heteroatoms. The molecule has 6 nitrogen and oxygen atoms in total. The van der Waals surface area contributed by atoms with Crippen molar-refractivity contribution in [3.05, 3.63) is 101 Å². The highest BCUT2D eigenvalue weighted by Gasteiger charge is 2.39. The number of aryl methyl sites for hydroxylation is 2. The fraction of sp³-hybridized carbons (Fsp3) is 0.214. The summed E-state index contributed by atoms with van der Waals surface area (Å²) in [5.74, 6) is -0.894. The number of anilines is 1. The lowest BCUT2D eigenvalue weighted by Crippen LogP contribution is -2.25. The predicted molar refractivity (Wildman–Crippen MR) is 142 cm³/mol. The smallest absolute Gasteiger partial charge is 0.262 e. The summed E-state index contributed by atoms with van der Waals surface area (Å²) >= 11 is 1.26. The van der Waals surface area contributed by atoms with Crippen molar-refractivity contribution in [1.29, 1.82) is 0 Å². The Morgan fingerprint density at radius 1 is 1.06 bits per heavy atom. The molecule has 0 aliphatic carbocycles. The largest absolute Gasteiger partial charge is 0.326 e. The van der Waals surface area contributed by atoms with Gasteiger partial charge in [0.25, 0.3) is 5.91 Å². The molecular weight excluding hydrogens is 475 g/mol. The second kappa shape index (κ2) is 10.1. The molecule has 2 atom stereocenters. The van der Waals surface area contributed by atoms with Crippen LogP contribution in [0.4, 0.5) is 10.1 Å². The van der Waals surface area contributed by atoms with Crippen LogP contribution in [-0.2, 0) is 9.59 Å². The van der Waals surface area contributed by atoms with Gasteiger partial charge in [0.2, 0.25) is 5.91 Å². The number of carbonyl (C=O) groups is 2. The second-order valence-corrected chi connectivity index (χ2v) is 10.2. The molecule has 5 rings (SSSR count). The van der Waals surface area contributed by atoms with Gasteiger partial charge >= 0.3 is 0 Å². The van der Waals surface area contributed by atoms with E-state index in [1.54, 1.807) is 17.1 Å². The van der Waals surface area contributed by atoms with E-state index in [-0.39, 0.29) is 30.1 Å². The van der Waals surface area contributed by atoms with E-state index in [4.69, 9.17) is 5.10 Å². The average molecular weight is 501 g/mol. The number of amidine groups is 1. The fourth-order valence-corrected chi connectivity index (χ4v) is 5.32. The summed E-state index contributed by atoms with van der Waals surface area (Å²) in [6.07, 6.45) is 0.600. The monoisotopic (exact) mass is 500 g/mol. The van der Waals surface area contributed by atoms with Gasteiger partial charge in [-0.15, -0.1) is 0 Å². The molecule has 0 unspecified atom stereocenters. The van der Waals surface area contributed by atoms with Crippen molar-refractivity contribution >= 4 is 40.1 Å². The molecule has 3 aromatic carbocycles. The van der Waals surface area contributed by atoms with Crippen molar-refractivity contribution in [3.63, 3.8) is 0 Å². The van der Waals surface area contributed by atoms with Gasteiger partial charge in [-0.1, -0.05) is 65.9 Å². The molecule has 2 heterocycles. The number of halogens is 1. The molecule has 0 aromatic heterocycles. The number of hydrogen-bond donors (Lipinski definition) is 1. The maximum absolute atomic E-state index is 13.5. The summed E-state index contributed by atoms with van der Waals surface area (Å²) in [4.78, 5) is 29.7. The molecular formula is C28H25FN4O2S. The van der Waals surface area contributed by atoms with Crippen LogP contribution < -0.4 is 5.32 Å². The molecule has 2 amide bonds. The van der Waals surface area contributed by atoms with Gasteiger partial charge in [-0.25, -0.2) is 9.40 Å². The molecule has 0 bridgehead atoms. The van der Waals surface area contributed by atoms with Crippen LogP contribution in [0.25, 0.3) is 0 Å². The number of hydrogen-bond acceptors (Lipinski definition) is 5. The number of benzene rings is 3. The van der Waals surface area contributed by atoms with E-state index < -0.39 is 5.25 Å². The summed E-state index contributed by atoms with van der Waals surface area (Å²) in [6.45, 7) is 3.98. The first kappa shape index (κ1) is 23.9. The van der Waals surface area contributed by atoms with E-state index in [2.05, 4.69) is 10.3 Å². The maximum Gasteiger partial charge on any atom is 0.262 e. The first-order chi connectivity index (χ1) is 17.4. The third kappa shape index (κ3) is 5.23. The third-order valence-electron chi connectivity index (χ3n) is 6.15. The van der Waals surface area contributed by atoms with Gasteiger partial charge in [-0.2, -0.15) is 10.1 Å². The Bertz CT molecular complexity index is 1370. The Hall–Kier alpha value is -3.78. The van der Waals surface area contributed by atoms with Gasteiger partial charge in [0.15, 0.2) is 5.17 Å². The molecule has 0 spiro atoms. The predicted octanol–water partition coefficient (Wildman–Crippen LogP) is 5.62. The lowest BCUT2D eigenvalue weighted by molar-refractivity contribution is -0.121. The molecule has 0 saturated carbocycles. The highest BCUT2D eigenvalue weighted by atomic mass is 32.2. The average Bonchev–Trinajstić information content (AvgIpc) is 3.44. The van der Waals surface area contributed by atoms with Crippen molar-refractivity contribution in [1.82, 2.24) is 5.01 Å². The fourth-order valence-electron chi connectivity index (χ4n) is 4.26. The van der Waals surface area contributed by atoms with Crippen LogP contribution in [0.2, 0.25) is 0 Å². The topological polar surface area (TPSA) is 74.1 Å². The molecule has 3 aromatic rings. The van der Waals surface area contributed by atoms with Crippen LogP contribution in [0.5, 0.6) is 0 Å². The number of amides is 2. The lowest BCUT2D eigenvalue weighted by Gasteiger charge is -2.23. The number of nitrogens with one attached hydrogen (secondary N) is 1. The zero-order valence-electron chi connectivity index (χ0n) is 19.9. The quantitative estimate of drug-likeness (QED) is 0.493. The first-order valence-corrected chi connectivity index (χ1v) is 12.6. The minimum absolute atomic E-state index is 0.0159. The Kier molecular flexibility index (Phi) is 6.69. The van der Waals surface area contributed by atoms with Gasteiger partial charge in [0, 0.05) is 18.5 Å². The molecule has 0 fully saturated rings. The third-order valence-corrected chi connectivity index (χ3v) is 7.29. The molecule has 182 valence electrons. The summed E-state index contributed by atoms with van der Waals surface area (Å²) in [7, 11) is 0. The lowest BCUT2D eigenvalue weighted by atomic mass is 9.98. The van der Waals surface area contributed by atoms with Crippen molar-refractivity contribution in [3.8, 4) is 0 Å². The van der Waals surface area contributed by atoms with E-state index >= 15 is 0 Å². The molecule has 2 aliphatic rings. The molecule has 36 heavy (non-hydrogen) atoms. The number of rotatable bonds is 5. The number of nitrogens with zero attached hydrogens (tertiary/aromatic N) is 3. The van der Waals surface area contributed by atoms with Crippen LogP contribution in [-0.4, -0.2) is 33.0 Å². The molecule has 2 aliphatic heterocycles. The van der Waals surface area contributed by atoms with E-state index in [0.717, 1.165) is 28.0 Å². The molecule has 1 N–H and O–H groups in total. The normalized spacial score (nSPS) is 19.3. The SMILES string of the molecule is Cc1ccc([C@@H]2CC(c3ccc(F)cc3)=NN2C2=NC(=O)[C@H](CC(=O)Nc3cccc(C)c3)S2)cc1. The minimum Gasteiger partial charge on any atom is -0.326 e. The van der Waals surface area contributed by atoms with Crippen LogP contribution in [0.1, 0.15) is 41.1 Å². The maximum atomic E-state index is 13.5. The Labute approximate surface area is 213 Å². The van der Waals surface area contributed by atoms with Crippen LogP contribution in [0.15, 0.2) is 82.9 Å². The van der Waals surface area contributed by atoms with Crippen molar-refractivity contribution in [2.24, 2.45) is 10.1 Å². The molecule has 0 radical (unpaired) electrons. The highest BCUT2D eigenvalue weighted by molar-refractivity contribution is 8.15. The number of carbonyl (C=O) groups excluding carboxylic acids is 2. The van der Waals surface area contributed by atoms with Crippen LogP contribution >= 0.6 is 11.8 Å². The van der Waals surface area contributed by atoms with Gasteiger partial charge in [0.1, 0.15) is 11.1 Å². The zero-order chi connectivity index (χ0) is 25.2. The van der Waals surface area contributed by atoms with Crippen LogP contribution in [0.3, 0.4) is 0 Å². The van der Waals surface area contributed by atoms with E-state index in [0.29, 0.717) is 17.3 Å². The summed E-state index contributed by atoms with van der Waals surface area (Å²) in [6, 6.07) is 21.8. The van der Waals surface area contributed by atoms with Gasteiger partial charge in [-0.05, 0) is 54.8 Å². The van der Waals surface area contributed by atoms with Gasteiger partial charge in [-0.3, -0.25) is 9.59 Å². The Morgan fingerprint density at radius 3 is 2.53 bits per heavy atom. The van der Waals surface area contributed by atoms with Crippen molar-refractivity contribution in [2.75, 3.05) is 5.32 Å². The van der Waals surface area contributed by atoms with Gasteiger partial charge in [0.05, 0.1) is 11.8 Å². The van der Waals surface area contributed by atoms with E-state index in [1.807, 2.05) is 62.4 Å².